The highest BCUT2D eigenvalue weighted by atomic mass is 32.1. The lowest BCUT2D eigenvalue weighted by atomic mass is 9.85. The van der Waals surface area contributed by atoms with E-state index in [0.717, 1.165) is 30.5 Å². The van der Waals surface area contributed by atoms with Crippen LogP contribution in [0.2, 0.25) is 0 Å². The van der Waals surface area contributed by atoms with Gasteiger partial charge in [0.15, 0.2) is 5.13 Å². The second kappa shape index (κ2) is 5.60. The molecule has 0 aliphatic heterocycles. The number of thiazole rings is 1. The van der Waals surface area contributed by atoms with E-state index in [1.54, 1.807) is 12.1 Å². The third-order valence-electron chi connectivity index (χ3n) is 3.92. The summed E-state index contributed by atoms with van der Waals surface area (Å²) < 4.78 is 30.9. The number of methoxy groups -OCH3 is 1. The Hall–Kier alpha value is -1.69. The Kier molecular flexibility index (Phi) is 3.80. The van der Waals surface area contributed by atoms with E-state index >= 15 is 0 Å². The van der Waals surface area contributed by atoms with Gasteiger partial charge in [-0.15, -0.1) is 11.3 Å². The van der Waals surface area contributed by atoms with Crippen LogP contribution < -0.4 is 10.5 Å². The van der Waals surface area contributed by atoms with Gasteiger partial charge in [0.05, 0.1) is 18.4 Å². The van der Waals surface area contributed by atoms with Crippen molar-refractivity contribution >= 4 is 16.5 Å². The third kappa shape index (κ3) is 2.72. The van der Waals surface area contributed by atoms with Crippen molar-refractivity contribution < 1.29 is 13.5 Å². The van der Waals surface area contributed by atoms with E-state index < -0.39 is 6.43 Å². The molecule has 1 aromatic carbocycles. The number of hydrogen-bond donors (Lipinski definition) is 1. The zero-order valence-corrected chi connectivity index (χ0v) is 12.4. The Bertz CT molecular complexity index is 657. The molecule has 3 nitrogen and oxygen atoms in total. The minimum atomic E-state index is -2.52. The van der Waals surface area contributed by atoms with Crippen molar-refractivity contribution in [3.63, 3.8) is 0 Å². The number of nitrogens with two attached hydrogens (primary N) is 1. The number of nitrogen functional groups attached to an aromatic ring is 1. The van der Waals surface area contributed by atoms with E-state index in [-0.39, 0.29) is 11.3 Å². The SMILES string of the molecule is COc1cc(C2CCc3nc(N)sc3C2)ccc1C(F)F. The summed E-state index contributed by atoms with van der Waals surface area (Å²) in [5.41, 5.74) is 7.81. The van der Waals surface area contributed by atoms with Crippen LogP contribution in [0.15, 0.2) is 18.2 Å². The molecule has 21 heavy (non-hydrogen) atoms. The second-order valence-electron chi connectivity index (χ2n) is 5.16. The van der Waals surface area contributed by atoms with Crippen LogP contribution in [0.1, 0.15) is 40.5 Å². The monoisotopic (exact) mass is 310 g/mol. The predicted octanol–water partition coefficient (Wildman–Crippen LogP) is 3.94. The van der Waals surface area contributed by atoms with Crippen LogP contribution in [0.4, 0.5) is 13.9 Å². The average molecular weight is 310 g/mol. The van der Waals surface area contributed by atoms with E-state index in [9.17, 15) is 8.78 Å². The van der Waals surface area contributed by atoms with Crippen LogP contribution in [-0.4, -0.2) is 12.1 Å². The molecule has 2 aromatic rings. The molecule has 1 aliphatic rings. The van der Waals surface area contributed by atoms with Crippen molar-refractivity contribution in [2.24, 2.45) is 0 Å². The fourth-order valence-corrected chi connectivity index (χ4v) is 3.80. The number of nitrogens with zero attached hydrogens (tertiary/aromatic N) is 1. The highest BCUT2D eigenvalue weighted by molar-refractivity contribution is 7.15. The molecule has 0 radical (unpaired) electrons. The van der Waals surface area contributed by atoms with Crippen LogP contribution >= 0.6 is 11.3 Å². The molecule has 3 rings (SSSR count). The van der Waals surface area contributed by atoms with Gasteiger partial charge in [0.25, 0.3) is 6.43 Å². The maximum absolute atomic E-state index is 12.9. The molecular formula is C15H16F2N2OS. The molecule has 0 amide bonds. The number of aryl methyl sites for hydroxylation is 1. The van der Waals surface area contributed by atoms with E-state index in [1.165, 1.54) is 29.4 Å². The Labute approximate surface area is 125 Å². The van der Waals surface area contributed by atoms with Crippen LogP contribution in [0.5, 0.6) is 5.75 Å². The average Bonchev–Trinajstić information content (AvgIpc) is 2.85. The molecule has 112 valence electrons. The van der Waals surface area contributed by atoms with E-state index in [2.05, 4.69) is 4.98 Å². The molecular weight excluding hydrogens is 294 g/mol. The van der Waals surface area contributed by atoms with E-state index in [4.69, 9.17) is 10.5 Å². The minimum Gasteiger partial charge on any atom is -0.496 e. The van der Waals surface area contributed by atoms with Gasteiger partial charge in [-0.2, -0.15) is 0 Å². The molecule has 0 saturated heterocycles. The maximum atomic E-state index is 12.9. The lowest BCUT2D eigenvalue weighted by Crippen LogP contribution is -2.11. The summed E-state index contributed by atoms with van der Waals surface area (Å²) in [5, 5.41) is 0.603. The van der Waals surface area contributed by atoms with Crippen molar-refractivity contribution in [2.45, 2.75) is 31.6 Å². The molecule has 1 atom stereocenters. The number of hydrogen-bond acceptors (Lipinski definition) is 4. The molecule has 0 fully saturated rings. The fourth-order valence-electron chi connectivity index (χ4n) is 2.84. The zero-order chi connectivity index (χ0) is 15.0. The van der Waals surface area contributed by atoms with Crippen molar-refractivity contribution in [2.75, 3.05) is 12.8 Å². The lowest BCUT2D eigenvalue weighted by Gasteiger charge is -2.22. The molecule has 0 spiro atoms. The fraction of sp³-hybridized carbons (Fsp3) is 0.400. The first-order chi connectivity index (χ1) is 10.1. The van der Waals surface area contributed by atoms with Gasteiger partial charge in [0.2, 0.25) is 0 Å². The van der Waals surface area contributed by atoms with Crippen LogP contribution in [0.25, 0.3) is 0 Å². The Morgan fingerprint density at radius 3 is 2.95 bits per heavy atom. The van der Waals surface area contributed by atoms with Crippen molar-refractivity contribution in [1.29, 1.82) is 0 Å². The lowest BCUT2D eigenvalue weighted by molar-refractivity contribution is 0.147. The minimum absolute atomic E-state index is 0.0558. The number of fused-ring (bicyclic) bond motifs is 1. The number of alkyl halides is 2. The van der Waals surface area contributed by atoms with Crippen molar-refractivity contribution in [3.8, 4) is 5.75 Å². The molecule has 0 saturated carbocycles. The molecule has 6 heteroatoms. The van der Waals surface area contributed by atoms with Gasteiger partial charge in [-0.1, -0.05) is 6.07 Å². The van der Waals surface area contributed by atoms with E-state index in [1.807, 2.05) is 0 Å². The Balaban J connectivity index is 1.88. The normalized spacial score (nSPS) is 17.8. The van der Waals surface area contributed by atoms with Gasteiger partial charge in [0, 0.05) is 4.88 Å². The predicted molar refractivity (Wildman–Crippen MR) is 79.2 cm³/mol. The van der Waals surface area contributed by atoms with Gasteiger partial charge in [-0.3, -0.25) is 0 Å². The number of ether oxygens (including phenoxy) is 1. The zero-order valence-electron chi connectivity index (χ0n) is 11.6. The summed E-state index contributed by atoms with van der Waals surface area (Å²) in [4.78, 5) is 5.53. The summed E-state index contributed by atoms with van der Waals surface area (Å²) in [5.74, 6) is 0.565. The van der Waals surface area contributed by atoms with Gasteiger partial charge >= 0.3 is 0 Å². The highest BCUT2D eigenvalue weighted by Crippen LogP contribution is 2.38. The summed E-state index contributed by atoms with van der Waals surface area (Å²) in [6.45, 7) is 0. The number of aromatic nitrogens is 1. The first-order valence-electron chi connectivity index (χ1n) is 6.78. The summed E-state index contributed by atoms with van der Waals surface area (Å²) in [6.07, 6.45) is 0.176. The van der Waals surface area contributed by atoms with Gasteiger partial charge in [-0.25, -0.2) is 13.8 Å². The topological polar surface area (TPSA) is 48.1 Å². The largest absolute Gasteiger partial charge is 0.496 e. The molecule has 1 aliphatic carbocycles. The molecule has 1 aromatic heterocycles. The molecule has 2 N–H and O–H groups in total. The summed E-state index contributed by atoms with van der Waals surface area (Å²) in [6, 6.07) is 4.99. The third-order valence-corrected chi connectivity index (χ3v) is 4.87. The first kappa shape index (κ1) is 14.3. The Morgan fingerprint density at radius 2 is 2.24 bits per heavy atom. The Morgan fingerprint density at radius 1 is 1.43 bits per heavy atom. The van der Waals surface area contributed by atoms with Crippen molar-refractivity contribution in [3.05, 3.63) is 39.9 Å². The van der Waals surface area contributed by atoms with Crippen LogP contribution in [0.3, 0.4) is 0 Å². The van der Waals surface area contributed by atoms with Gasteiger partial charge in [-0.05, 0) is 42.9 Å². The smallest absolute Gasteiger partial charge is 0.267 e. The quantitative estimate of drug-likeness (QED) is 0.934. The maximum Gasteiger partial charge on any atom is 0.267 e. The molecule has 0 bridgehead atoms. The second-order valence-corrected chi connectivity index (χ2v) is 6.28. The van der Waals surface area contributed by atoms with Gasteiger partial charge in [0.1, 0.15) is 5.75 Å². The molecule has 1 unspecified atom stereocenters. The van der Waals surface area contributed by atoms with Crippen LogP contribution in [0, 0.1) is 0 Å². The standard InChI is InChI=1S/C15H16F2N2OS/c1-20-12-6-8(2-4-10(12)14(16)17)9-3-5-11-13(7-9)21-15(18)19-11/h2,4,6,9,14H,3,5,7H2,1H3,(H2,18,19). The number of rotatable bonds is 3. The summed E-state index contributed by atoms with van der Waals surface area (Å²) in [7, 11) is 1.42. The van der Waals surface area contributed by atoms with Crippen LogP contribution in [-0.2, 0) is 12.8 Å². The number of halogens is 2. The van der Waals surface area contributed by atoms with Crippen molar-refractivity contribution in [1.82, 2.24) is 4.98 Å². The number of benzene rings is 1. The number of anilines is 1. The summed E-state index contributed by atoms with van der Waals surface area (Å²) >= 11 is 1.52. The highest BCUT2D eigenvalue weighted by Gasteiger charge is 2.24. The molecule has 1 heterocycles. The van der Waals surface area contributed by atoms with Gasteiger partial charge < -0.3 is 10.5 Å². The first-order valence-corrected chi connectivity index (χ1v) is 7.60. The van der Waals surface area contributed by atoms with E-state index in [0.29, 0.717) is 11.0 Å².